The molecule has 1 N–H and O–H groups in total. The molecule has 2 aromatic carbocycles. The Morgan fingerprint density at radius 1 is 1.29 bits per heavy atom. The van der Waals surface area contributed by atoms with Gasteiger partial charge in [0.15, 0.2) is 0 Å². The van der Waals surface area contributed by atoms with E-state index >= 15 is 0 Å². The molecule has 6 heteroatoms. The predicted molar refractivity (Wildman–Crippen MR) is 99.4 cm³/mol. The molecule has 3 rings (SSSR count). The first-order valence-corrected chi connectivity index (χ1v) is 8.77. The normalized spacial score (nSPS) is 17.2. The van der Waals surface area contributed by atoms with Gasteiger partial charge in [0.2, 0.25) is 11.8 Å². The Balaban J connectivity index is 1.75. The molecule has 1 aliphatic rings. The average Bonchev–Trinajstić information content (AvgIpc) is 2.89. The first-order chi connectivity index (χ1) is 11.5. The number of carbonyl (C=O) groups excluding carboxylic acids is 2. The highest BCUT2D eigenvalue weighted by atomic mass is 79.9. The maximum atomic E-state index is 12.7. The minimum atomic E-state index is -0.674. The Morgan fingerprint density at radius 3 is 2.79 bits per heavy atom. The van der Waals surface area contributed by atoms with E-state index in [0.717, 1.165) is 15.7 Å². The zero-order valence-corrected chi connectivity index (χ0v) is 15.4. The third kappa shape index (κ3) is 3.47. The Morgan fingerprint density at radius 2 is 2.08 bits per heavy atom. The molecule has 124 valence electrons. The van der Waals surface area contributed by atoms with E-state index in [1.54, 1.807) is 29.2 Å². The van der Waals surface area contributed by atoms with Crippen LogP contribution in [0.5, 0.6) is 0 Å². The smallest absolute Gasteiger partial charge is 0.239 e. The van der Waals surface area contributed by atoms with Crippen molar-refractivity contribution in [2.24, 2.45) is 5.92 Å². The summed E-state index contributed by atoms with van der Waals surface area (Å²) in [7, 11) is 0. The first kappa shape index (κ1) is 17.0. The van der Waals surface area contributed by atoms with E-state index in [9.17, 15) is 9.59 Å². The summed E-state index contributed by atoms with van der Waals surface area (Å²) in [6, 6.07) is 12.7. The fourth-order valence-electron chi connectivity index (χ4n) is 2.88. The van der Waals surface area contributed by atoms with Gasteiger partial charge in [-0.25, -0.2) is 0 Å². The second-order valence-corrected chi connectivity index (χ2v) is 7.11. The lowest BCUT2D eigenvalue weighted by Crippen LogP contribution is -2.33. The van der Waals surface area contributed by atoms with Crippen LogP contribution in [0, 0.1) is 12.8 Å². The molecule has 1 heterocycles. The fourth-order valence-corrected chi connectivity index (χ4v) is 3.55. The van der Waals surface area contributed by atoms with Gasteiger partial charge in [-0.2, -0.15) is 0 Å². The summed E-state index contributed by atoms with van der Waals surface area (Å²) in [6.45, 7) is 2.49. The maximum absolute atomic E-state index is 12.7. The van der Waals surface area contributed by atoms with Crippen molar-refractivity contribution in [2.75, 3.05) is 16.8 Å². The summed E-state index contributed by atoms with van der Waals surface area (Å²) < 4.78 is 0.964. The molecule has 0 aliphatic carbocycles. The van der Waals surface area contributed by atoms with Crippen molar-refractivity contribution in [1.82, 2.24) is 0 Å². The number of aryl methyl sites for hydroxylation is 1. The van der Waals surface area contributed by atoms with Crippen molar-refractivity contribution in [1.29, 1.82) is 0 Å². The number of benzene rings is 2. The van der Waals surface area contributed by atoms with Crippen molar-refractivity contribution in [3.05, 3.63) is 57.5 Å². The van der Waals surface area contributed by atoms with Gasteiger partial charge < -0.3 is 10.2 Å². The molecule has 0 aromatic heterocycles. The fraction of sp³-hybridized carbons (Fsp3) is 0.222. The lowest BCUT2D eigenvalue weighted by Gasteiger charge is -2.19. The number of hydrogen-bond donors (Lipinski definition) is 1. The maximum Gasteiger partial charge on any atom is 0.239 e. The Labute approximate surface area is 153 Å². The van der Waals surface area contributed by atoms with Gasteiger partial charge in [0.25, 0.3) is 0 Å². The molecule has 1 saturated heterocycles. The van der Waals surface area contributed by atoms with Crippen molar-refractivity contribution in [3.8, 4) is 0 Å². The number of nitrogens with zero attached hydrogens (tertiary/aromatic N) is 1. The van der Waals surface area contributed by atoms with Crippen LogP contribution in [0.3, 0.4) is 0 Å². The number of amides is 2. The van der Waals surface area contributed by atoms with E-state index in [4.69, 9.17) is 11.6 Å². The van der Waals surface area contributed by atoms with Gasteiger partial charge in [0.05, 0.1) is 0 Å². The molecule has 1 unspecified atom stereocenters. The zero-order chi connectivity index (χ0) is 17.3. The minimum Gasteiger partial charge on any atom is -0.325 e. The molecule has 2 aromatic rings. The molecule has 0 spiro atoms. The lowest BCUT2D eigenvalue weighted by atomic mass is 10.1. The molecule has 1 aliphatic heterocycles. The van der Waals surface area contributed by atoms with Crippen LogP contribution < -0.4 is 10.2 Å². The van der Waals surface area contributed by atoms with Gasteiger partial charge in [-0.1, -0.05) is 33.6 Å². The molecular formula is C18H16BrClN2O2. The third-order valence-electron chi connectivity index (χ3n) is 4.06. The van der Waals surface area contributed by atoms with Gasteiger partial charge in [-0.3, -0.25) is 9.59 Å². The van der Waals surface area contributed by atoms with Gasteiger partial charge >= 0.3 is 0 Å². The van der Waals surface area contributed by atoms with Crippen LogP contribution in [0.25, 0.3) is 0 Å². The highest BCUT2D eigenvalue weighted by Crippen LogP contribution is 2.30. The number of hydrogen-bond acceptors (Lipinski definition) is 2. The summed E-state index contributed by atoms with van der Waals surface area (Å²) in [5.74, 6) is -1.13. The topological polar surface area (TPSA) is 49.4 Å². The van der Waals surface area contributed by atoms with Gasteiger partial charge in [-0.05, 0) is 55.3 Å². The summed E-state index contributed by atoms with van der Waals surface area (Å²) in [5, 5.41) is 3.31. The van der Waals surface area contributed by atoms with Crippen LogP contribution in [0.15, 0.2) is 46.9 Å². The van der Waals surface area contributed by atoms with Crippen LogP contribution in [-0.2, 0) is 9.59 Å². The molecule has 0 bridgehead atoms. The standard InChI is InChI=1S/C18H16BrClN2O2/c1-11-9-12(19)5-6-16(11)22-8-7-15(18(22)24)17(23)21-14-4-2-3-13(20)10-14/h2-6,9-10,15H,7-8H2,1H3,(H,21,23). The second-order valence-electron chi connectivity index (χ2n) is 5.76. The molecular weight excluding hydrogens is 392 g/mol. The Hall–Kier alpha value is -1.85. The number of anilines is 2. The average molecular weight is 408 g/mol. The predicted octanol–water partition coefficient (Wildman–Crippen LogP) is 4.40. The largest absolute Gasteiger partial charge is 0.325 e. The monoisotopic (exact) mass is 406 g/mol. The minimum absolute atomic E-state index is 0.167. The summed E-state index contributed by atoms with van der Waals surface area (Å²) >= 11 is 9.34. The molecule has 0 radical (unpaired) electrons. The molecule has 1 fully saturated rings. The van der Waals surface area contributed by atoms with Gasteiger partial charge in [-0.15, -0.1) is 0 Å². The zero-order valence-electron chi connectivity index (χ0n) is 13.1. The van der Waals surface area contributed by atoms with E-state index in [0.29, 0.717) is 23.7 Å². The molecule has 24 heavy (non-hydrogen) atoms. The van der Waals surface area contributed by atoms with Crippen LogP contribution >= 0.6 is 27.5 Å². The number of rotatable bonds is 3. The Kier molecular flexibility index (Phi) is 4.92. The summed E-state index contributed by atoms with van der Waals surface area (Å²) in [6.07, 6.45) is 0.501. The lowest BCUT2D eigenvalue weighted by molar-refractivity contribution is -0.129. The number of halogens is 2. The van der Waals surface area contributed by atoms with Gasteiger partial charge in [0.1, 0.15) is 5.92 Å². The van der Waals surface area contributed by atoms with Crippen molar-refractivity contribution >= 4 is 50.7 Å². The van der Waals surface area contributed by atoms with Crippen LogP contribution in [0.2, 0.25) is 5.02 Å². The number of carbonyl (C=O) groups is 2. The highest BCUT2D eigenvalue weighted by molar-refractivity contribution is 9.10. The summed E-state index contributed by atoms with van der Waals surface area (Å²) in [4.78, 5) is 26.8. The summed E-state index contributed by atoms with van der Waals surface area (Å²) in [5.41, 5.74) is 2.44. The SMILES string of the molecule is Cc1cc(Br)ccc1N1CCC(C(=O)Nc2cccc(Cl)c2)C1=O. The molecule has 2 amide bonds. The van der Waals surface area contributed by atoms with Crippen molar-refractivity contribution < 1.29 is 9.59 Å². The molecule has 4 nitrogen and oxygen atoms in total. The van der Waals surface area contributed by atoms with E-state index < -0.39 is 5.92 Å². The quantitative estimate of drug-likeness (QED) is 0.767. The van der Waals surface area contributed by atoms with Crippen LogP contribution in [0.1, 0.15) is 12.0 Å². The van der Waals surface area contributed by atoms with E-state index in [1.807, 2.05) is 25.1 Å². The van der Waals surface area contributed by atoms with E-state index in [2.05, 4.69) is 21.2 Å². The van der Waals surface area contributed by atoms with E-state index in [1.165, 1.54) is 0 Å². The van der Waals surface area contributed by atoms with Crippen LogP contribution in [-0.4, -0.2) is 18.4 Å². The van der Waals surface area contributed by atoms with Gasteiger partial charge in [0, 0.05) is 27.4 Å². The van der Waals surface area contributed by atoms with Crippen molar-refractivity contribution in [2.45, 2.75) is 13.3 Å². The highest BCUT2D eigenvalue weighted by Gasteiger charge is 2.38. The van der Waals surface area contributed by atoms with Crippen molar-refractivity contribution in [3.63, 3.8) is 0 Å². The molecule has 1 atom stereocenters. The molecule has 0 saturated carbocycles. The first-order valence-electron chi connectivity index (χ1n) is 7.59. The van der Waals surface area contributed by atoms with E-state index in [-0.39, 0.29) is 11.8 Å². The third-order valence-corrected chi connectivity index (χ3v) is 4.79. The second kappa shape index (κ2) is 6.95. The van der Waals surface area contributed by atoms with Crippen LogP contribution in [0.4, 0.5) is 11.4 Å². The Bertz CT molecular complexity index is 809. The number of nitrogens with one attached hydrogen (secondary N) is 1.